The third-order valence-corrected chi connectivity index (χ3v) is 5.68. The van der Waals surface area contributed by atoms with Gasteiger partial charge in [0.1, 0.15) is 0 Å². The Balaban J connectivity index is 1.29. The predicted octanol–water partition coefficient (Wildman–Crippen LogP) is 2.70. The number of halogens is 1. The topological polar surface area (TPSA) is 52.6 Å². The zero-order chi connectivity index (χ0) is 18.6. The first-order valence-corrected chi connectivity index (χ1v) is 9.90. The van der Waals surface area contributed by atoms with Crippen LogP contribution >= 0.6 is 11.6 Å². The van der Waals surface area contributed by atoms with Crippen LogP contribution in [0, 0.1) is 5.92 Å². The number of anilines is 2. The summed E-state index contributed by atoms with van der Waals surface area (Å²) in [7, 11) is 0. The molecule has 2 fully saturated rings. The summed E-state index contributed by atoms with van der Waals surface area (Å²) in [5, 5.41) is 0.750. The molecule has 2 aliphatic rings. The molecule has 0 radical (unpaired) electrons. The fraction of sp³-hybridized carbons (Fsp3) is 0.450. The number of piperazine rings is 1. The summed E-state index contributed by atoms with van der Waals surface area (Å²) in [5.41, 5.74) is 1.13. The van der Waals surface area contributed by atoms with Gasteiger partial charge in [-0.3, -0.25) is 4.79 Å². The van der Waals surface area contributed by atoms with Crippen LogP contribution in [0.3, 0.4) is 0 Å². The van der Waals surface area contributed by atoms with Gasteiger partial charge in [0.15, 0.2) is 0 Å². The van der Waals surface area contributed by atoms with Crippen molar-refractivity contribution in [3.63, 3.8) is 0 Å². The number of piperidine rings is 1. The standard InChI is InChI=1S/C20H24ClN5O/c21-17-3-1-4-18(15-17)24-11-13-25(14-12-24)19(27)16-5-9-26(10-6-16)20-22-7-2-8-23-20/h1-4,7-8,15-16H,5-6,9-14H2. The van der Waals surface area contributed by atoms with Crippen molar-refractivity contribution >= 4 is 29.1 Å². The fourth-order valence-electron chi connectivity index (χ4n) is 3.90. The molecule has 2 aliphatic heterocycles. The van der Waals surface area contributed by atoms with Crippen LogP contribution in [-0.4, -0.2) is 60.0 Å². The molecule has 0 unspecified atom stereocenters. The van der Waals surface area contributed by atoms with Crippen molar-refractivity contribution in [1.29, 1.82) is 0 Å². The lowest BCUT2D eigenvalue weighted by molar-refractivity contribution is -0.136. The summed E-state index contributed by atoms with van der Waals surface area (Å²) in [6.45, 7) is 4.91. The minimum Gasteiger partial charge on any atom is -0.368 e. The molecule has 1 aromatic carbocycles. The lowest BCUT2D eigenvalue weighted by Gasteiger charge is -2.39. The van der Waals surface area contributed by atoms with E-state index in [4.69, 9.17) is 11.6 Å². The maximum atomic E-state index is 12.9. The smallest absolute Gasteiger partial charge is 0.225 e. The van der Waals surface area contributed by atoms with Crippen molar-refractivity contribution in [2.45, 2.75) is 12.8 Å². The van der Waals surface area contributed by atoms with Crippen LogP contribution in [0.25, 0.3) is 0 Å². The van der Waals surface area contributed by atoms with E-state index < -0.39 is 0 Å². The second-order valence-electron chi connectivity index (χ2n) is 7.10. The number of rotatable bonds is 3. The molecule has 2 aromatic rings. The van der Waals surface area contributed by atoms with Crippen molar-refractivity contribution in [1.82, 2.24) is 14.9 Å². The Hall–Kier alpha value is -2.34. The summed E-state index contributed by atoms with van der Waals surface area (Å²) in [6, 6.07) is 9.74. The van der Waals surface area contributed by atoms with E-state index in [0.29, 0.717) is 5.91 Å². The molecule has 2 saturated heterocycles. The van der Waals surface area contributed by atoms with Gasteiger partial charge in [-0.05, 0) is 37.1 Å². The van der Waals surface area contributed by atoms with Gasteiger partial charge >= 0.3 is 0 Å². The number of carbonyl (C=O) groups excluding carboxylic acids is 1. The van der Waals surface area contributed by atoms with Gasteiger partial charge < -0.3 is 14.7 Å². The van der Waals surface area contributed by atoms with Crippen LogP contribution < -0.4 is 9.80 Å². The van der Waals surface area contributed by atoms with Crippen molar-refractivity contribution in [2.75, 3.05) is 49.1 Å². The van der Waals surface area contributed by atoms with Crippen LogP contribution in [0.2, 0.25) is 5.02 Å². The Labute approximate surface area is 164 Å². The second kappa shape index (κ2) is 8.13. The van der Waals surface area contributed by atoms with E-state index in [9.17, 15) is 4.79 Å². The molecule has 7 heteroatoms. The molecule has 0 atom stereocenters. The molecule has 0 bridgehead atoms. The molecule has 0 spiro atoms. The summed E-state index contributed by atoms with van der Waals surface area (Å²) in [5.74, 6) is 1.18. The van der Waals surface area contributed by atoms with Gasteiger partial charge in [0.25, 0.3) is 0 Å². The Morgan fingerprint density at radius 1 is 0.926 bits per heavy atom. The number of carbonyl (C=O) groups is 1. The monoisotopic (exact) mass is 385 g/mol. The lowest BCUT2D eigenvalue weighted by Crippen LogP contribution is -2.51. The second-order valence-corrected chi connectivity index (χ2v) is 7.54. The molecule has 27 heavy (non-hydrogen) atoms. The van der Waals surface area contributed by atoms with Gasteiger partial charge in [-0.1, -0.05) is 17.7 Å². The molecule has 0 N–H and O–H groups in total. The van der Waals surface area contributed by atoms with Crippen molar-refractivity contribution in [2.24, 2.45) is 5.92 Å². The molecule has 0 saturated carbocycles. The van der Waals surface area contributed by atoms with Crippen LogP contribution in [0.15, 0.2) is 42.7 Å². The third kappa shape index (κ3) is 4.16. The van der Waals surface area contributed by atoms with E-state index in [1.54, 1.807) is 12.4 Å². The lowest BCUT2D eigenvalue weighted by atomic mass is 9.95. The molecular weight excluding hydrogens is 362 g/mol. The Bertz CT molecular complexity index is 771. The van der Waals surface area contributed by atoms with Gasteiger partial charge in [-0.2, -0.15) is 0 Å². The van der Waals surface area contributed by atoms with Gasteiger partial charge in [0, 0.05) is 68.3 Å². The molecule has 0 aliphatic carbocycles. The van der Waals surface area contributed by atoms with Gasteiger partial charge in [0.2, 0.25) is 11.9 Å². The van der Waals surface area contributed by atoms with E-state index in [1.807, 2.05) is 29.2 Å². The van der Waals surface area contributed by atoms with E-state index >= 15 is 0 Å². The largest absolute Gasteiger partial charge is 0.368 e. The highest BCUT2D eigenvalue weighted by Crippen LogP contribution is 2.24. The van der Waals surface area contributed by atoms with Crippen LogP contribution in [-0.2, 0) is 4.79 Å². The maximum Gasteiger partial charge on any atom is 0.225 e. The molecule has 142 valence electrons. The Morgan fingerprint density at radius 3 is 2.30 bits per heavy atom. The Kier molecular flexibility index (Phi) is 5.43. The van der Waals surface area contributed by atoms with Gasteiger partial charge in [-0.25, -0.2) is 9.97 Å². The minimum atomic E-state index is 0.114. The number of benzene rings is 1. The highest BCUT2D eigenvalue weighted by molar-refractivity contribution is 6.30. The predicted molar refractivity (Wildman–Crippen MR) is 107 cm³/mol. The molecule has 4 rings (SSSR count). The summed E-state index contributed by atoms with van der Waals surface area (Å²) in [4.78, 5) is 28.0. The van der Waals surface area contributed by atoms with E-state index in [2.05, 4.69) is 25.8 Å². The normalized spacial score (nSPS) is 18.6. The maximum absolute atomic E-state index is 12.9. The molecule has 3 heterocycles. The highest BCUT2D eigenvalue weighted by Gasteiger charge is 2.31. The zero-order valence-electron chi connectivity index (χ0n) is 15.3. The van der Waals surface area contributed by atoms with Crippen molar-refractivity contribution in [3.8, 4) is 0 Å². The number of nitrogens with zero attached hydrogens (tertiary/aromatic N) is 5. The highest BCUT2D eigenvalue weighted by atomic mass is 35.5. The first kappa shape index (κ1) is 18.0. The SMILES string of the molecule is O=C(C1CCN(c2ncccn2)CC1)N1CCN(c2cccc(Cl)c2)CC1. The number of hydrogen-bond acceptors (Lipinski definition) is 5. The average Bonchev–Trinajstić information content (AvgIpc) is 2.74. The Morgan fingerprint density at radius 2 is 1.63 bits per heavy atom. The number of amides is 1. The fourth-order valence-corrected chi connectivity index (χ4v) is 4.08. The van der Waals surface area contributed by atoms with Crippen LogP contribution in [0.4, 0.5) is 11.6 Å². The van der Waals surface area contributed by atoms with E-state index in [0.717, 1.165) is 68.8 Å². The van der Waals surface area contributed by atoms with Crippen LogP contribution in [0.5, 0.6) is 0 Å². The molecule has 1 amide bonds. The average molecular weight is 386 g/mol. The molecule has 1 aromatic heterocycles. The minimum absolute atomic E-state index is 0.114. The number of aromatic nitrogens is 2. The third-order valence-electron chi connectivity index (χ3n) is 5.44. The number of hydrogen-bond donors (Lipinski definition) is 0. The van der Waals surface area contributed by atoms with Gasteiger partial charge in [-0.15, -0.1) is 0 Å². The van der Waals surface area contributed by atoms with Crippen molar-refractivity contribution in [3.05, 3.63) is 47.7 Å². The first-order chi connectivity index (χ1) is 13.2. The molecular formula is C20H24ClN5O. The van der Waals surface area contributed by atoms with E-state index in [-0.39, 0.29) is 5.92 Å². The van der Waals surface area contributed by atoms with Gasteiger partial charge in [0.05, 0.1) is 0 Å². The quantitative estimate of drug-likeness (QED) is 0.813. The first-order valence-electron chi connectivity index (χ1n) is 9.52. The summed E-state index contributed by atoms with van der Waals surface area (Å²) in [6.07, 6.45) is 5.26. The molecule has 6 nitrogen and oxygen atoms in total. The summed E-state index contributed by atoms with van der Waals surface area (Å²) >= 11 is 6.10. The van der Waals surface area contributed by atoms with Crippen molar-refractivity contribution < 1.29 is 4.79 Å². The zero-order valence-corrected chi connectivity index (χ0v) is 16.1. The summed E-state index contributed by atoms with van der Waals surface area (Å²) < 4.78 is 0. The van der Waals surface area contributed by atoms with Crippen LogP contribution in [0.1, 0.15) is 12.8 Å². The van der Waals surface area contributed by atoms with E-state index in [1.165, 1.54) is 0 Å².